The maximum atomic E-state index is 12.4. The summed E-state index contributed by atoms with van der Waals surface area (Å²) in [4.78, 5) is 33.1. The van der Waals surface area contributed by atoms with Crippen molar-refractivity contribution >= 4 is 55.7 Å². The first-order valence-electron chi connectivity index (χ1n) is 10.9. The number of amides is 1. The Morgan fingerprint density at radius 2 is 1.97 bits per heavy atom. The Bertz CT molecular complexity index is 1410. The molecule has 34 heavy (non-hydrogen) atoms. The summed E-state index contributed by atoms with van der Waals surface area (Å²) >= 11 is 7.50. The van der Waals surface area contributed by atoms with Crippen LogP contribution >= 0.6 is 22.9 Å². The van der Waals surface area contributed by atoms with Crippen molar-refractivity contribution < 1.29 is 14.3 Å². The van der Waals surface area contributed by atoms with E-state index in [9.17, 15) is 4.79 Å². The molecule has 2 N–H and O–H groups in total. The van der Waals surface area contributed by atoms with E-state index >= 15 is 0 Å². The second kappa shape index (κ2) is 8.91. The molecule has 2 aliphatic heterocycles. The second-order valence-electron chi connectivity index (χ2n) is 7.96. The summed E-state index contributed by atoms with van der Waals surface area (Å²) in [6, 6.07) is 3.84. The van der Waals surface area contributed by atoms with Gasteiger partial charge in [0, 0.05) is 54.6 Å². The summed E-state index contributed by atoms with van der Waals surface area (Å²) in [7, 11) is 0. The Kier molecular flexibility index (Phi) is 5.61. The van der Waals surface area contributed by atoms with Gasteiger partial charge in [0.05, 0.1) is 36.1 Å². The minimum atomic E-state index is -0.0734. The van der Waals surface area contributed by atoms with Crippen LogP contribution in [0, 0.1) is 0 Å². The van der Waals surface area contributed by atoms with Crippen molar-refractivity contribution in [3.63, 3.8) is 0 Å². The van der Waals surface area contributed by atoms with Crippen LogP contribution in [0.4, 0.5) is 5.69 Å². The highest BCUT2D eigenvalue weighted by atomic mass is 35.5. The average molecular weight is 498 g/mol. The lowest BCUT2D eigenvalue weighted by molar-refractivity contribution is 0.0338. The van der Waals surface area contributed by atoms with E-state index < -0.39 is 0 Å². The van der Waals surface area contributed by atoms with Gasteiger partial charge >= 0.3 is 0 Å². The van der Waals surface area contributed by atoms with Crippen molar-refractivity contribution in [3.05, 3.63) is 40.3 Å². The summed E-state index contributed by atoms with van der Waals surface area (Å²) in [5.41, 5.74) is 2.98. The molecule has 12 heteroatoms. The van der Waals surface area contributed by atoms with Crippen LogP contribution in [0.25, 0.3) is 21.1 Å². The Balaban J connectivity index is 1.35. The lowest BCUT2D eigenvalue weighted by atomic mass is 10.1. The number of benzene rings is 1. The number of nitrogens with one attached hydrogen (secondary N) is 2. The quantitative estimate of drug-likeness (QED) is 0.410. The van der Waals surface area contributed by atoms with Crippen LogP contribution in [0.1, 0.15) is 15.2 Å². The van der Waals surface area contributed by atoms with Gasteiger partial charge in [-0.3, -0.25) is 9.69 Å². The molecule has 1 amide bonds. The molecule has 6 rings (SSSR count). The molecule has 0 unspecified atom stereocenters. The number of carbonyl (C=O) groups excluding carboxylic acids is 1. The van der Waals surface area contributed by atoms with Crippen molar-refractivity contribution in [2.75, 3.05) is 44.7 Å². The smallest absolute Gasteiger partial charge is 0.263 e. The molecule has 1 saturated heterocycles. The highest BCUT2D eigenvalue weighted by Gasteiger charge is 2.23. The molecule has 4 aromatic rings. The van der Waals surface area contributed by atoms with E-state index in [0.29, 0.717) is 60.5 Å². The Hall–Kier alpha value is -3.12. The molecule has 0 spiro atoms. The molecule has 174 valence electrons. The number of aromatic nitrogens is 4. The van der Waals surface area contributed by atoms with Crippen molar-refractivity contribution in [2.24, 2.45) is 0 Å². The monoisotopic (exact) mass is 497 g/mol. The lowest BCUT2D eigenvalue weighted by Gasteiger charge is -2.26. The van der Waals surface area contributed by atoms with Gasteiger partial charge in [0.1, 0.15) is 4.88 Å². The van der Waals surface area contributed by atoms with Crippen LogP contribution in [0.15, 0.2) is 24.5 Å². The van der Waals surface area contributed by atoms with Gasteiger partial charge in [-0.2, -0.15) is 4.98 Å². The lowest BCUT2D eigenvalue weighted by Crippen LogP contribution is -2.35. The van der Waals surface area contributed by atoms with Gasteiger partial charge in [-0.15, -0.1) is 11.3 Å². The van der Waals surface area contributed by atoms with Gasteiger partial charge in [-0.1, -0.05) is 0 Å². The number of nitrogens with zero attached hydrogens (tertiary/aromatic N) is 5. The van der Waals surface area contributed by atoms with Gasteiger partial charge in [-0.25, -0.2) is 15.0 Å². The summed E-state index contributed by atoms with van der Waals surface area (Å²) in [5, 5.41) is 7.26. The summed E-state index contributed by atoms with van der Waals surface area (Å²) in [6.45, 7) is 4.87. The molecule has 0 bridgehead atoms. The van der Waals surface area contributed by atoms with E-state index in [1.54, 1.807) is 12.4 Å². The number of thiophene rings is 1. The molecule has 0 saturated carbocycles. The van der Waals surface area contributed by atoms with E-state index in [2.05, 4.69) is 35.5 Å². The first-order chi connectivity index (χ1) is 16.7. The third-order valence-electron chi connectivity index (χ3n) is 5.76. The summed E-state index contributed by atoms with van der Waals surface area (Å²) < 4.78 is 12.4. The third-order valence-corrected chi connectivity index (χ3v) is 7.09. The van der Waals surface area contributed by atoms with Crippen molar-refractivity contribution in [2.45, 2.75) is 6.54 Å². The van der Waals surface area contributed by atoms with E-state index in [4.69, 9.17) is 21.1 Å². The van der Waals surface area contributed by atoms with Crippen LogP contribution in [-0.2, 0) is 11.3 Å². The molecule has 1 fully saturated rings. The Morgan fingerprint density at radius 1 is 1.12 bits per heavy atom. The first kappa shape index (κ1) is 21.4. The molecule has 3 aromatic heterocycles. The molecule has 0 atom stereocenters. The fourth-order valence-electron chi connectivity index (χ4n) is 4.14. The van der Waals surface area contributed by atoms with E-state index in [1.165, 1.54) is 11.3 Å². The Labute approximate surface area is 203 Å². The largest absolute Gasteiger partial charge is 0.418 e. The van der Waals surface area contributed by atoms with Crippen LogP contribution in [0.5, 0.6) is 11.8 Å². The zero-order valence-corrected chi connectivity index (χ0v) is 19.6. The predicted molar refractivity (Wildman–Crippen MR) is 129 cm³/mol. The van der Waals surface area contributed by atoms with Gasteiger partial charge in [0.25, 0.3) is 5.91 Å². The number of halogens is 1. The van der Waals surface area contributed by atoms with E-state index in [1.807, 2.05) is 12.1 Å². The minimum Gasteiger partial charge on any atom is -0.418 e. The van der Waals surface area contributed by atoms with Gasteiger partial charge in [0.15, 0.2) is 0 Å². The Morgan fingerprint density at radius 3 is 2.85 bits per heavy atom. The predicted octanol–water partition coefficient (Wildman–Crippen LogP) is 3.07. The van der Waals surface area contributed by atoms with Crippen molar-refractivity contribution in [1.82, 2.24) is 30.2 Å². The van der Waals surface area contributed by atoms with Crippen molar-refractivity contribution in [3.8, 4) is 11.8 Å². The zero-order valence-electron chi connectivity index (χ0n) is 18.0. The number of hydrogen-bond acceptors (Lipinski definition) is 10. The molecule has 0 aliphatic carbocycles. The molecule has 10 nitrogen and oxygen atoms in total. The summed E-state index contributed by atoms with van der Waals surface area (Å²) in [5.74, 6) is 0.580. The molecule has 5 heterocycles. The zero-order chi connectivity index (χ0) is 23.1. The highest BCUT2D eigenvalue weighted by Crippen LogP contribution is 2.40. The van der Waals surface area contributed by atoms with Gasteiger partial charge in [0.2, 0.25) is 17.0 Å². The van der Waals surface area contributed by atoms with Crippen LogP contribution in [0.3, 0.4) is 0 Å². The van der Waals surface area contributed by atoms with Crippen LogP contribution in [0.2, 0.25) is 5.28 Å². The number of hydrogen-bond donors (Lipinski definition) is 2. The fraction of sp³-hybridized carbons (Fsp3) is 0.318. The minimum absolute atomic E-state index is 0.0734. The molecule has 2 aliphatic rings. The molecular formula is C22H20ClN7O3S. The number of fused-ring (bicyclic) bond motifs is 5. The van der Waals surface area contributed by atoms with Crippen molar-refractivity contribution in [1.29, 1.82) is 0 Å². The second-order valence-corrected chi connectivity index (χ2v) is 9.35. The normalized spacial score (nSPS) is 16.7. The fourth-order valence-corrected chi connectivity index (χ4v) is 5.36. The van der Waals surface area contributed by atoms with E-state index in [-0.39, 0.29) is 11.2 Å². The topological polar surface area (TPSA) is 114 Å². The first-order valence-corrected chi connectivity index (χ1v) is 12.1. The van der Waals surface area contributed by atoms with Gasteiger partial charge < -0.3 is 20.1 Å². The number of morpholine rings is 1. The molecule has 0 radical (unpaired) electrons. The van der Waals surface area contributed by atoms with Gasteiger partial charge in [-0.05, 0) is 23.7 Å². The van der Waals surface area contributed by atoms with Crippen LogP contribution in [-0.4, -0.2) is 70.1 Å². The number of carbonyl (C=O) groups is 1. The number of ether oxygens (including phenoxy) is 2. The maximum Gasteiger partial charge on any atom is 0.263 e. The third kappa shape index (κ3) is 4.00. The molecular weight excluding hydrogens is 478 g/mol. The molecule has 1 aromatic carbocycles. The maximum absolute atomic E-state index is 12.4. The highest BCUT2D eigenvalue weighted by molar-refractivity contribution is 7.21. The summed E-state index contributed by atoms with van der Waals surface area (Å²) in [6.07, 6.45) is 3.24. The van der Waals surface area contributed by atoms with Crippen LogP contribution < -0.4 is 15.4 Å². The number of anilines is 1. The standard InChI is InChI=1S/C22H20ClN7O3S/c23-22-27-9-12(11-30-5-7-32-8-6-30)21(29-22)33-15-10-26-17-13(28-15)1-2-14-16(17)18-19(34-14)20(31)25-4-3-24-18/h1-2,9-10,24H,3-8,11H2,(H,25,31). The number of rotatable bonds is 4. The van der Waals surface area contributed by atoms with E-state index in [0.717, 1.165) is 34.4 Å². The average Bonchev–Trinajstić information content (AvgIpc) is 3.13. The SMILES string of the molecule is O=C1NCCNc2c1sc1ccc3nc(Oc4nc(Cl)ncc4CN4CCOCC4)cnc3c21.